The molecular formula is C43H73N11O11. The predicted octanol–water partition coefficient (Wildman–Crippen LogP) is -1.42. The van der Waals surface area contributed by atoms with Crippen LogP contribution in [0.3, 0.4) is 0 Å². The molecule has 1 aliphatic rings. The normalized spacial score (nSPS) is 17.0. The number of carbonyl (C=O) groups is 9. The number of nitrogens with two attached hydrogens (primary N) is 1. The number of nitrogens with zero attached hydrogens (tertiary/aromatic N) is 2. The number of amides is 8. The zero-order valence-electron chi connectivity index (χ0n) is 39.2. The summed E-state index contributed by atoms with van der Waals surface area (Å²) in [6.45, 7) is 14.9. The van der Waals surface area contributed by atoms with Crippen LogP contribution in [0, 0.1) is 23.7 Å². The van der Waals surface area contributed by atoms with Crippen molar-refractivity contribution in [1.29, 1.82) is 0 Å². The molecule has 0 spiro atoms. The average molecular weight is 920 g/mol. The number of carbonyl (C=O) groups excluding carboxylic acids is 8. The first kappa shape index (κ1) is 55.5. The maximum Gasteiger partial charge on any atom is 0.325 e. The molecule has 22 nitrogen and oxygen atoms in total. The van der Waals surface area contributed by atoms with E-state index < -0.39 is 115 Å². The van der Waals surface area contributed by atoms with Gasteiger partial charge in [-0.2, -0.15) is 0 Å². The number of aliphatic hydroxyl groups excluding tert-OH is 1. The van der Waals surface area contributed by atoms with E-state index in [1.54, 1.807) is 13.8 Å². The molecule has 1 aromatic heterocycles. The zero-order valence-corrected chi connectivity index (χ0v) is 39.2. The highest BCUT2D eigenvalue weighted by molar-refractivity contribution is 5.98. The first-order valence-electron chi connectivity index (χ1n) is 22.4. The van der Waals surface area contributed by atoms with Crippen LogP contribution >= 0.6 is 0 Å². The summed E-state index contributed by atoms with van der Waals surface area (Å²) < 4.78 is 0. The number of H-pyrrole nitrogens is 1. The molecule has 0 bridgehead atoms. The van der Waals surface area contributed by atoms with Crippen LogP contribution in [0.25, 0.3) is 0 Å². The highest BCUT2D eigenvalue weighted by Gasteiger charge is 2.39. The van der Waals surface area contributed by atoms with Crippen LogP contribution in [-0.2, 0) is 49.6 Å². The van der Waals surface area contributed by atoms with Crippen molar-refractivity contribution in [2.75, 3.05) is 19.7 Å². The van der Waals surface area contributed by atoms with Gasteiger partial charge in [0.1, 0.15) is 42.3 Å². The summed E-state index contributed by atoms with van der Waals surface area (Å²) in [4.78, 5) is 127. The lowest BCUT2D eigenvalue weighted by Gasteiger charge is -2.30. The summed E-state index contributed by atoms with van der Waals surface area (Å²) in [5.74, 6) is -7.05. The Balaban J connectivity index is 2.29. The minimum Gasteiger partial charge on any atom is -0.480 e. The van der Waals surface area contributed by atoms with Crippen LogP contribution in [0.15, 0.2) is 12.5 Å². The molecule has 8 atom stereocenters. The van der Waals surface area contributed by atoms with Gasteiger partial charge in [0.05, 0.1) is 25.5 Å². The fourth-order valence-electron chi connectivity index (χ4n) is 7.25. The van der Waals surface area contributed by atoms with E-state index in [0.29, 0.717) is 18.5 Å². The van der Waals surface area contributed by atoms with E-state index in [9.17, 15) is 48.3 Å². The van der Waals surface area contributed by atoms with Crippen molar-refractivity contribution in [1.82, 2.24) is 52.1 Å². The number of aliphatic hydroxyl groups is 1. The fourth-order valence-corrected chi connectivity index (χ4v) is 7.25. The summed E-state index contributed by atoms with van der Waals surface area (Å²) in [5.41, 5.74) is 6.57. The molecule has 0 unspecified atom stereocenters. The van der Waals surface area contributed by atoms with Crippen molar-refractivity contribution < 1.29 is 53.4 Å². The van der Waals surface area contributed by atoms with Gasteiger partial charge in [-0.25, -0.2) is 4.98 Å². The molecule has 1 fully saturated rings. The number of carboxylic acids is 1. The molecule has 1 aliphatic heterocycles. The van der Waals surface area contributed by atoms with E-state index in [-0.39, 0.29) is 62.3 Å². The molecule has 0 saturated carbocycles. The molecule has 1 saturated heterocycles. The third-order valence-corrected chi connectivity index (χ3v) is 10.5. The maximum atomic E-state index is 14.2. The summed E-state index contributed by atoms with van der Waals surface area (Å²) in [7, 11) is 0. The third-order valence-electron chi connectivity index (χ3n) is 10.5. The highest BCUT2D eigenvalue weighted by Crippen LogP contribution is 2.19. The second-order valence-electron chi connectivity index (χ2n) is 18.4. The minimum absolute atomic E-state index is 0.0121. The molecule has 0 aromatic carbocycles. The van der Waals surface area contributed by atoms with Gasteiger partial charge >= 0.3 is 5.97 Å². The first-order chi connectivity index (χ1) is 30.4. The number of hydrogen-bond acceptors (Lipinski definition) is 12. The molecule has 0 aliphatic carbocycles. The Morgan fingerprint density at radius 3 is 1.60 bits per heavy atom. The Hall–Kier alpha value is -5.64. The SMILES string of the molecule is CC(C)C[C@H](NC(=O)[C@H](CC(C)C)NC(=O)[C@@H](N)CC(C)C)C(=O)N[C@@H](Cc1cnc[nH]1)C(=O)N[C@@H](CC(C)C)C(=O)N[C@@H](CO)C(=O)N1CCC[C@H]1C(=O)NCC(=O)N[C@@H](C)C(=O)O. The van der Waals surface area contributed by atoms with Gasteiger partial charge < -0.3 is 63.0 Å². The second kappa shape index (κ2) is 27.0. The lowest BCUT2D eigenvalue weighted by molar-refractivity contribution is -0.143. The number of aliphatic carboxylic acids is 1. The van der Waals surface area contributed by atoms with Gasteiger partial charge in [-0.15, -0.1) is 0 Å². The fraction of sp³-hybridized carbons (Fsp3) is 0.721. The van der Waals surface area contributed by atoms with Gasteiger partial charge in [0.2, 0.25) is 47.3 Å². The average Bonchev–Trinajstić information content (AvgIpc) is 3.93. The largest absolute Gasteiger partial charge is 0.480 e. The van der Waals surface area contributed by atoms with E-state index in [4.69, 9.17) is 10.8 Å². The summed E-state index contributed by atoms with van der Waals surface area (Å²) >= 11 is 0. The first-order valence-corrected chi connectivity index (χ1v) is 22.4. The summed E-state index contributed by atoms with van der Waals surface area (Å²) in [6.07, 6.45) is 4.27. The highest BCUT2D eigenvalue weighted by atomic mass is 16.4. The Morgan fingerprint density at radius 1 is 0.692 bits per heavy atom. The topological polar surface area (TPSA) is 336 Å². The van der Waals surface area contributed by atoms with Crippen LogP contribution in [-0.4, -0.2) is 146 Å². The Bertz CT molecular complexity index is 1770. The number of aromatic nitrogens is 2. The summed E-state index contributed by atoms with van der Waals surface area (Å²) in [6, 6.07) is -9.34. The molecule has 22 heteroatoms. The van der Waals surface area contributed by atoms with E-state index in [1.807, 2.05) is 41.5 Å². The number of carboxylic acid groups (broad SMARTS) is 1. The number of nitrogens with one attached hydrogen (secondary N) is 8. The molecule has 8 amide bonds. The number of imidazole rings is 1. The van der Waals surface area contributed by atoms with Crippen molar-refractivity contribution in [2.24, 2.45) is 29.4 Å². The number of likely N-dealkylation sites (tertiary alicyclic amines) is 1. The molecule has 2 rings (SSSR count). The number of aromatic amines is 1. The zero-order chi connectivity index (χ0) is 49.1. The molecule has 12 N–H and O–H groups in total. The van der Waals surface area contributed by atoms with Gasteiger partial charge in [-0.3, -0.25) is 43.2 Å². The minimum atomic E-state index is -1.53. The van der Waals surface area contributed by atoms with E-state index in [2.05, 4.69) is 47.2 Å². The Morgan fingerprint density at radius 2 is 1.15 bits per heavy atom. The van der Waals surface area contributed by atoms with Crippen LogP contribution in [0.5, 0.6) is 0 Å². The monoisotopic (exact) mass is 920 g/mol. The third kappa shape index (κ3) is 19.2. The van der Waals surface area contributed by atoms with E-state index in [1.165, 1.54) is 24.3 Å². The lowest BCUT2D eigenvalue weighted by atomic mass is 9.98. The van der Waals surface area contributed by atoms with Crippen molar-refractivity contribution in [3.05, 3.63) is 18.2 Å². The second-order valence-corrected chi connectivity index (χ2v) is 18.4. The standard InChI is InChI=1S/C43H73N11O11/c1-22(2)13-28(44)36(57)49-29(14-23(3)4)37(58)50-30(15-24(5)6)38(59)52-32(17-27-18-45-21-47-27)40(61)51-31(16-25(7)8)39(60)53-33(20-55)42(63)54-12-10-11-34(54)41(62)46-19-35(56)48-26(9)43(64)65/h18,21-26,28-34,55H,10-17,19-20,44H2,1-9H3,(H,45,47)(H,46,62)(H,48,56)(H,49,57)(H,50,58)(H,51,61)(H,52,59)(H,53,60)(H,64,65)/t26-,28-,29-,30-,31-,32-,33-,34-/m0/s1. The molecule has 0 radical (unpaired) electrons. The number of rotatable bonds is 27. The smallest absolute Gasteiger partial charge is 0.325 e. The number of hydrogen-bond donors (Lipinski definition) is 11. The molecule has 65 heavy (non-hydrogen) atoms. The quantitative estimate of drug-likeness (QED) is 0.0483. The van der Waals surface area contributed by atoms with Crippen LogP contribution < -0.4 is 43.0 Å². The van der Waals surface area contributed by atoms with E-state index >= 15 is 0 Å². The van der Waals surface area contributed by atoms with Gasteiger partial charge in [0.15, 0.2) is 0 Å². The van der Waals surface area contributed by atoms with Crippen molar-refractivity contribution in [3.63, 3.8) is 0 Å². The molecule has 1 aromatic rings. The molecular weight excluding hydrogens is 847 g/mol. The van der Waals surface area contributed by atoms with Crippen LogP contribution in [0.4, 0.5) is 0 Å². The van der Waals surface area contributed by atoms with E-state index in [0.717, 1.165) is 0 Å². The van der Waals surface area contributed by atoms with Crippen molar-refractivity contribution >= 4 is 53.2 Å². The predicted molar refractivity (Wildman–Crippen MR) is 238 cm³/mol. The van der Waals surface area contributed by atoms with Gasteiger partial charge in [-0.1, -0.05) is 55.4 Å². The molecule has 2 heterocycles. The van der Waals surface area contributed by atoms with Crippen LogP contribution in [0.1, 0.15) is 107 Å². The van der Waals surface area contributed by atoms with Crippen LogP contribution in [0.2, 0.25) is 0 Å². The van der Waals surface area contributed by atoms with Gasteiger partial charge in [0.25, 0.3) is 0 Å². The molecule has 366 valence electrons. The Labute approximate surface area is 380 Å². The summed E-state index contributed by atoms with van der Waals surface area (Å²) in [5, 5.41) is 37.4. The Kier molecular flexibility index (Phi) is 23.0. The lowest BCUT2D eigenvalue weighted by Crippen LogP contribution is -2.61. The van der Waals surface area contributed by atoms with Gasteiger partial charge in [0, 0.05) is 24.9 Å². The van der Waals surface area contributed by atoms with Crippen molar-refractivity contribution in [2.45, 2.75) is 156 Å². The van der Waals surface area contributed by atoms with Crippen molar-refractivity contribution in [3.8, 4) is 0 Å². The van der Waals surface area contributed by atoms with Gasteiger partial charge in [-0.05, 0) is 69.1 Å². The maximum absolute atomic E-state index is 14.2.